The highest BCUT2D eigenvalue weighted by atomic mass is 16.5. The van der Waals surface area contributed by atoms with Crippen molar-refractivity contribution in [3.8, 4) is 6.07 Å². The summed E-state index contributed by atoms with van der Waals surface area (Å²) in [6, 6.07) is 13.4. The maximum atomic E-state index is 12.3. The van der Waals surface area contributed by atoms with Crippen molar-refractivity contribution in [2.45, 2.75) is 26.5 Å². The molecule has 0 aliphatic rings. The van der Waals surface area contributed by atoms with Gasteiger partial charge in [-0.25, -0.2) is 9.48 Å². The predicted molar refractivity (Wildman–Crippen MR) is 97.9 cm³/mol. The highest BCUT2D eigenvalue weighted by Gasteiger charge is 2.20. The summed E-state index contributed by atoms with van der Waals surface area (Å²) >= 11 is 0. The molecule has 3 aromatic rings. The number of carbonyl (C=O) groups is 2. The molecular formula is C19H17N5O3. The van der Waals surface area contributed by atoms with Crippen molar-refractivity contribution < 1.29 is 14.3 Å². The Hall–Kier alpha value is -3.73. The third-order valence-electron chi connectivity index (χ3n) is 3.96. The normalized spacial score (nSPS) is 11.6. The van der Waals surface area contributed by atoms with Crippen LogP contribution in [0.15, 0.2) is 42.5 Å². The summed E-state index contributed by atoms with van der Waals surface area (Å²) in [5.41, 5.74) is 2.57. The first-order valence-corrected chi connectivity index (χ1v) is 8.37. The summed E-state index contributed by atoms with van der Waals surface area (Å²) in [6.45, 7) is 4.10. The summed E-state index contributed by atoms with van der Waals surface area (Å²) in [5, 5.41) is 19.5. The molecule has 0 fully saturated rings. The van der Waals surface area contributed by atoms with E-state index in [1.165, 1.54) is 13.0 Å². The fraction of sp³-hybridized carbons (Fsp3) is 0.211. The van der Waals surface area contributed by atoms with Gasteiger partial charge in [-0.05, 0) is 50.2 Å². The number of hydrogen-bond acceptors (Lipinski definition) is 6. The van der Waals surface area contributed by atoms with E-state index in [0.717, 1.165) is 5.52 Å². The van der Waals surface area contributed by atoms with Gasteiger partial charge in [-0.15, -0.1) is 5.10 Å². The van der Waals surface area contributed by atoms with Crippen molar-refractivity contribution in [2.24, 2.45) is 0 Å². The van der Waals surface area contributed by atoms with Gasteiger partial charge in [0.15, 0.2) is 6.10 Å². The van der Waals surface area contributed by atoms with Gasteiger partial charge in [-0.3, -0.25) is 4.79 Å². The molecular weight excluding hydrogens is 346 g/mol. The molecule has 0 saturated heterocycles. The maximum Gasteiger partial charge on any atom is 0.338 e. The first-order valence-electron chi connectivity index (χ1n) is 8.37. The van der Waals surface area contributed by atoms with Gasteiger partial charge >= 0.3 is 5.97 Å². The first kappa shape index (κ1) is 18.1. The second-order valence-electron chi connectivity index (χ2n) is 5.84. The Morgan fingerprint density at radius 3 is 2.85 bits per heavy atom. The standard InChI is InChI=1S/C19H17N5O3/c1-3-24-17-8-7-14(10-16(17)22-23-24)19(26)27-12(2)18(25)21-15-6-4-5-13(9-15)11-20/h4-10,12H,3H2,1-2H3,(H,21,25). The number of fused-ring (bicyclic) bond motifs is 1. The molecule has 8 nitrogen and oxygen atoms in total. The maximum absolute atomic E-state index is 12.3. The van der Waals surface area contributed by atoms with Crippen LogP contribution in [0.4, 0.5) is 5.69 Å². The van der Waals surface area contributed by atoms with Crippen LogP contribution in [0.5, 0.6) is 0 Å². The molecule has 1 atom stereocenters. The number of nitrogens with one attached hydrogen (secondary N) is 1. The van der Waals surface area contributed by atoms with Crippen LogP contribution in [-0.4, -0.2) is 33.0 Å². The van der Waals surface area contributed by atoms with Crippen LogP contribution in [0.3, 0.4) is 0 Å². The minimum Gasteiger partial charge on any atom is -0.449 e. The summed E-state index contributed by atoms with van der Waals surface area (Å²) in [4.78, 5) is 24.6. The average Bonchev–Trinajstić information content (AvgIpc) is 3.10. The Labute approximate surface area is 155 Å². The van der Waals surface area contributed by atoms with Crippen molar-refractivity contribution in [1.29, 1.82) is 5.26 Å². The zero-order valence-corrected chi connectivity index (χ0v) is 14.8. The first-order chi connectivity index (χ1) is 13.0. The molecule has 136 valence electrons. The van der Waals surface area contributed by atoms with E-state index in [-0.39, 0.29) is 5.56 Å². The zero-order chi connectivity index (χ0) is 19.4. The van der Waals surface area contributed by atoms with E-state index >= 15 is 0 Å². The number of esters is 1. The van der Waals surface area contributed by atoms with E-state index in [1.54, 1.807) is 41.1 Å². The Bertz CT molecular complexity index is 1050. The van der Waals surface area contributed by atoms with Crippen LogP contribution >= 0.6 is 0 Å². The Balaban J connectivity index is 1.67. The number of anilines is 1. The quantitative estimate of drug-likeness (QED) is 0.698. The molecule has 1 aromatic heterocycles. The highest BCUT2D eigenvalue weighted by molar-refractivity contribution is 5.98. The lowest BCUT2D eigenvalue weighted by Crippen LogP contribution is -2.30. The van der Waals surface area contributed by atoms with Crippen LogP contribution in [0, 0.1) is 11.3 Å². The Kier molecular flexibility index (Phi) is 5.13. The topological polar surface area (TPSA) is 110 Å². The smallest absolute Gasteiger partial charge is 0.338 e. The number of carbonyl (C=O) groups excluding carboxylic acids is 2. The number of hydrogen-bond donors (Lipinski definition) is 1. The number of aromatic nitrogens is 3. The molecule has 27 heavy (non-hydrogen) atoms. The number of nitriles is 1. The van der Waals surface area contributed by atoms with E-state index in [2.05, 4.69) is 15.6 Å². The fourth-order valence-electron chi connectivity index (χ4n) is 2.53. The molecule has 0 spiro atoms. The average molecular weight is 363 g/mol. The number of amides is 1. The van der Waals surface area contributed by atoms with Crippen molar-refractivity contribution in [3.63, 3.8) is 0 Å². The van der Waals surface area contributed by atoms with Gasteiger partial charge in [0.25, 0.3) is 5.91 Å². The second kappa shape index (κ2) is 7.66. The molecule has 3 rings (SSSR count). The van der Waals surface area contributed by atoms with Gasteiger partial charge in [-0.2, -0.15) is 5.26 Å². The summed E-state index contributed by atoms with van der Waals surface area (Å²) in [7, 11) is 0. The molecule has 0 bridgehead atoms. The number of benzene rings is 2. The lowest BCUT2D eigenvalue weighted by atomic mass is 10.2. The van der Waals surface area contributed by atoms with Crippen LogP contribution in [0.25, 0.3) is 11.0 Å². The zero-order valence-electron chi connectivity index (χ0n) is 14.8. The third-order valence-corrected chi connectivity index (χ3v) is 3.96. The Morgan fingerprint density at radius 1 is 1.30 bits per heavy atom. The van der Waals surface area contributed by atoms with E-state index in [4.69, 9.17) is 10.00 Å². The van der Waals surface area contributed by atoms with Crippen molar-refractivity contribution >= 4 is 28.6 Å². The van der Waals surface area contributed by atoms with E-state index in [1.807, 2.05) is 13.0 Å². The largest absolute Gasteiger partial charge is 0.449 e. The molecule has 1 amide bonds. The van der Waals surface area contributed by atoms with E-state index in [9.17, 15) is 9.59 Å². The Morgan fingerprint density at radius 2 is 2.11 bits per heavy atom. The summed E-state index contributed by atoms with van der Waals surface area (Å²) in [6.07, 6.45) is -1.01. The molecule has 0 aliphatic carbocycles. The molecule has 0 radical (unpaired) electrons. The molecule has 1 unspecified atom stereocenters. The highest BCUT2D eigenvalue weighted by Crippen LogP contribution is 2.15. The lowest BCUT2D eigenvalue weighted by Gasteiger charge is -2.13. The molecule has 1 heterocycles. The summed E-state index contributed by atoms with van der Waals surface area (Å²) < 4.78 is 6.96. The lowest BCUT2D eigenvalue weighted by molar-refractivity contribution is -0.123. The van der Waals surface area contributed by atoms with Crippen molar-refractivity contribution in [1.82, 2.24) is 15.0 Å². The third kappa shape index (κ3) is 3.93. The van der Waals surface area contributed by atoms with Crippen LogP contribution in [0.2, 0.25) is 0 Å². The van der Waals surface area contributed by atoms with Gasteiger partial charge in [0.2, 0.25) is 0 Å². The number of ether oxygens (including phenoxy) is 1. The van der Waals surface area contributed by atoms with Gasteiger partial charge in [0, 0.05) is 12.2 Å². The molecule has 0 aliphatic heterocycles. The number of rotatable bonds is 5. The molecule has 1 N–H and O–H groups in total. The van der Waals surface area contributed by atoms with Crippen molar-refractivity contribution in [2.75, 3.05) is 5.32 Å². The van der Waals surface area contributed by atoms with Crippen molar-refractivity contribution in [3.05, 3.63) is 53.6 Å². The fourth-order valence-corrected chi connectivity index (χ4v) is 2.53. The van der Waals surface area contributed by atoms with Crippen LogP contribution in [-0.2, 0) is 16.1 Å². The minimum atomic E-state index is -1.01. The van der Waals surface area contributed by atoms with Crippen LogP contribution in [0.1, 0.15) is 29.8 Å². The van der Waals surface area contributed by atoms with Gasteiger partial charge in [0.05, 0.1) is 22.7 Å². The molecule has 0 saturated carbocycles. The van der Waals surface area contributed by atoms with Gasteiger partial charge in [0.1, 0.15) is 5.52 Å². The summed E-state index contributed by atoms with van der Waals surface area (Å²) in [5.74, 6) is -1.12. The van der Waals surface area contributed by atoms with Crippen LogP contribution < -0.4 is 5.32 Å². The second-order valence-corrected chi connectivity index (χ2v) is 5.84. The SMILES string of the molecule is CCn1nnc2cc(C(=O)OC(C)C(=O)Nc3cccc(C#N)c3)ccc21. The molecule has 2 aromatic carbocycles. The predicted octanol–water partition coefficient (Wildman–Crippen LogP) is 2.51. The van der Waals surface area contributed by atoms with E-state index < -0.39 is 18.0 Å². The minimum absolute atomic E-state index is 0.289. The number of nitrogens with zero attached hydrogens (tertiary/aromatic N) is 4. The molecule has 8 heteroatoms. The van der Waals surface area contributed by atoms with Gasteiger partial charge in [-0.1, -0.05) is 11.3 Å². The number of aryl methyl sites for hydroxylation is 1. The van der Waals surface area contributed by atoms with Gasteiger partial charge < -0.3 is 10.1 Å². The monoisotopic (exact) mass is 363 g/mol. The van der Waals surface area contributed by atoms with E-state index in [0.29, 0.717) is 23.3 Å².